The first-order chi connectivity index (χ1) is 9.38. The van der Waals surface area contributed by atoms with Gasteiger partial charge in [-0.2, -0.15) is 0 Å². The molecule has 0 spiro atoms. The summed E-state index contributed by atoms with van der Waals surface area (Å²) in [4.78, 5) is 6.97. The number of aromatic nitrogens is 1. The smallest absolute Gasteiger partial charge is 0.0722 e. The summed E-state index contributed by atoms with van der Waals surface area (Å²) in [6.45, 7) is 5.59. The van der Waals surface area contributed by atoms with Crippen molar-refractivity contribution in [1.29, 1.82) is 0 Å². The minimum Gasteiger partial charge on any atom is -0.369 e. The van der Waals surface area contributed by atoms with Crippen molar-refractivity contribution in [2.24, 2.45) is 0 Å². The third-order valence-electron chi connectivity index (χ3n) is 3.93. The van der Waals surface area contributed by atoms with Crippen LogP contribution in [0.25, 0.3) is 10.9 Å². The summed E-state index contributed by atoms with van der Waals surface area (Å²) in [5.74, 6) is 0. The van der Waals surface area contributed by atoms with E-state index >= 15 is 0 Å². The number of hydrogen-bond donors (Lipinski definition) is 1. The minimum absolute atomic E-state index is 0.592. The van der Waals surface area contributed by atoms with Crippen molar-refractivity contribution in [3.8, 4) is 0 Å². The van der Waals surface area contributed by atoms with Gasteiger partial charge in [0.05, 0.1) is 5.52 Å². The van der Waals surface area contributed by atoms with Crippen LogP contribution in [-0.2, 0) is 0 Å². The Hall–Kier alpha value is -1.61. The van der Waals surface area contributed by atoms with Crippen LogP contribution < -0.4 is 10.2 Å². The van der Waals surface area contributed by atoms with Crippen LogP contribution >= 0.6 is 0 Å². The Bertz CT molecular complexity index is 547. The Balaban J connectivity index is 1.98. The lowest BCUT2D eigenvalue weighted by Gasteiger charge is -2.27. The summed E-state index contributed by atoms with van der Waals surface area (Å²) >= 11 is 0. The zero-order valence-corrected chi connectivity index (χ0v) is 11.5. The summed E-state index contributed by atoms with van der Waals surface area (Å²) in [6, 6.07) is 11.2. The topological polar surface area (TPSA) is 28.2 Å². The molecule has 0 aliphatic carbocycles. The van der Waals surface area contributed by atoms with Gasteiger partial charge in [-0.15, -0.1) is 0 Å². The molecule has 3 nitrogen and oxygen atoms in total. The molecule has 0 amide bonds. The monoisotopic (exact) mass is 255 g/mol. The van der Waals surface area contributed by atoms with Gasteiger partial charge in [0, 0.05) is 36.4 Å². The van der Waals surface area contributed by atoms with E-state index in [0.717, 1.165) is 25.2 Å². The molecule has 2 aromatic rings. The van der Waals surface area contributed by atoms with Crippen LogP contribution in [0.5, 0.6) is 0 Å². The molecule has 100 valence electrons. The Morgan fingerprint density at radius 1 is 1.32 bits per heavy atom. The van der Waals surface area contributed by atoms with Crippen LogP contribution in [0.3, 0.4) is 0 Å². The first-order valence-electron chi connectivity index (χ1n) is 7.20. The van der Waals surface area contributed by atoms with Crippen molar-refractivity contribution in [1.82, 2.24) is 10.3 Å². The highest BCUT2D eigenvalue weighted by atomic mass is 15.2. The standard InChI is InChI=1S/C16H21N3/c1-2-13-12-19(11-5-10-17-13)16-8-3-7-15-14(16)6-4-9-18-15/h3-4,6-9,13,17H,2,5,10-12H2,1H3. The van der Waals surface area contributed by atoms with Crippen molar-refractivity contribution in [2.45, 2.75) is 25.8 Å². The lowest BCUT2D eigenvalue weighted by molar-refractivity contribution is 0.529. The predicted octanol–water partition coefficient (Wildman–Crippen LogP) is 2.81. The van der Waals surface area contributed by atoms with Gasteiger partial charge in [0.1, 0.15) is 0 Å². The molecule has 3 rings (SSSR count). The van der Waals surface area contributed by atoms with Gasteiger partial charge in [-0.1, -0.05) is 13.0 Å². The summed E-state index contributed by atoms with van der Waals surface area (Å²) in [5.41, 5.74) is 2.41. The molecule has 0 radical (unpaired) electrons. The molecular formula is C16H21N3. The molecule has 0 saturated carbocycles. The Morgan fingerprint density at radius 2 is 2.26 bits per heavy atom. The Labute approximate surface area is 114 Å². The number of rotatable bonds is 2. The Morgan fingerprint density at radius 3 is 3.16 bits per heavy atom. The molecule has 0 bridgehead atoms. The van der Waals surface area contributed by atoms with Gasteiger partial charge in [-0.3, -0.25) is 4.98 Å². The fraction of sp³-hybridized carbons (Fsp3) is 0.438. The number of hydrogen-bond acceptors (Lipinski definition) is 3. The van der Waals surface area contributed by atoms with Crippen LogP contribution in [-0.4, -0.2) is 30.7 Å². The van der Waals surface area contributed by atoms with E-state index in [0.29, 0.717) is 6.04 Å². The Kier molecular flexibility index (Phi) is 3.65. The fourth-order valence-corrected chi connectivity index (χ4v) is 2.85. The molecular weight excluding hydrogens is 234 g/mol. The van der Waals surface area contributed by atoms with E-state index in [1.54, 1.807) is 0 Å². The van der Waals surface area contributed by atoms with Crippen molar-refractivity contribution in [3.63, 3.8) is 0 Å². The second-order valence-electron chi connectivity index (χ2n) is 5.21. The van der Waals surface area contributed by atoms with Crippen molar-refractivity contribution >= 4 is 16.6 Å². The molecule has 1 aliphatic heterocycles. The van der Waals surface area contributed by atoms with Gasteiger partial charge in [-0.25, -0.2) is 0 Å². The predicted molar refractivity (Wildman–Crippen MR) is 80.7 cm³/mol. The van der Waals surface area contributed by atoms with Gasteiger partial charge in [-0.05, 0) is 43.7 Å². The van der Waals surface area contributed by atoms with E-state index in [1.165, 1.54) is 23.9 Å². The first-order valence-corrected chi connectivity index (χ1v) is 7.20. The maximum atomic E-state index is 4.46. The molecule has 3 heteroatoms. The minimum atomic E-state index is 0.592. The number of pyridine rings is 1. The van der Waals surface area contributed by atoms with Crippen LogP contribution in [0.1, 0.15) is 19.8 Å². The molecule has 2 heterocycles. The molecule has 1 fully saturated rings. The summed E-state index contributed by atoms with van der Waals surface area (Å²) in [7, 11) is 0. The van der Waals surface area contributed by atoms with E-state index in [4.69, 9.17) is 0 Å². The van der Waals surface area contributed by atoms with Crippen molar-refractivity contribution < 1.29 is 0 Å². The van der Waals surface area contributed by atoms with Gasteiger partial charge >= 0.3 is 0 Å². The third-order valence-corrected chi connectivity index (χ3v) is 3.93. The largest absolute Gasteiger partial charge is 0.369 e. The summed E-state index contributed by atoms with van der Waals surface area (Å²) < 4.78 is 0. The highest BCUT2D eigenvalue weighted by molar-refractivity contribution is 5.91. The third kappa shape index (κ3) is 2.56. The van der Waals surface area contributed by atoms with Gasteiger partial charge < -0.3 is 10.2 Å². The molecule has 1 saturated heterocycles. The lowest BCUT2D eigenvalue weighted by Crippen LogP contribution is -2.37. The van der Waals surface area contributed by atoms with Gasteiger partial charge in [0.15, 0.2) is 0 Å². The van der Waals surface area contributed by atoms with Crippen molar-refractivity contribution in [2.75, 3.05) is 24.5 Å². The zero-order valence-electron chi connectivity index (χ0n) is 11.5. The first kappa shape index (κ1) is 12.4. The molecule has 1 atom stereocenters. The summed E-state index contributed by atoms with van der Waals surface area (Å²) in [5, 5.41) is 4.89. The number of nitrogens with zero attached hydrogens (tertiary/aromatic N) is 2. The van der Waals surface area contributed by atoms with E-state index in [-0.39, 0.29) is 0 Å². The number of benzene rings is 1. The van der Waals surface area contributed by atoms with Crippen LogP contribution in [0.15, 0.2) is 36.5 Å². The number of fused-ring (bicyclic) bond motifs is 1. The highest BCUT2D eigenvalue weighted by Crippen LogP contribution is 2.26. The molecule has 1 unspecified atom stereocenters. The van der Waals surface area contributed by atoms with Gasteiger partial charge in [0.2, 0.25) is 0 Å². The van der Waals surface area contributed by atoms with Crippen LogP contribution in [0.2, 0.25) is 0 Å². The SMILES string of the molecule is CCC1CN(c2cccc3ncccc23)CCCN1. The second kappa shape index (κ2) is 5.57. The van der Waals surface area contributed by atoms with Crippen LogP contribution in [0.4, 0.5) is 5.69 Å². The van der Waals surface area contributed by atoms with E-state index in [9.17, 15) is 0 Å². The average molecular weight is 255 g/mol. The van der Waals surface area contributed by atoms with Gasteiger partial charge in [0.25, 0.3) is 0 Å². The second-order valence-corrected chi connectivity index (χ2v) is 5.21. The van der Waals surface area contributed by atoms with E-state index < -0.39 is 0 Å². The number of anilines is 1. The fourth-order valence-electron chi connectivity index (χ4n) is 2.85. The quantitative estimate of drug-likeness (QED) is 0.894. The summed E-state index contributed by atoms with van der Waals surface area (Å²) in [6.07, 6.45) is 4.25. The maximum Gasteiger partial charge on any atom is 0.0722 e. The maximum absolute atomic E-state index is 4.46. The molecule has 1 N–H and O–H groups in total. The van der Waals surface area contributed by atoms with Crippen LogP contribution in [0, 0.1) is 0 Å². The normalized spacial score (nSPS) is 20.5. The average Bonchev–Trinajstić information content (AvgIpc) is 2.72. The molecule has 1 aromatic heterocycles. The highest BCUT2D eigenvalue weighted by Gasteiger charge is 2.17. The zero-order chi connectivity index (χ0) is 13.1. The molecule has 1 aliphatic rings. The van der Waals surface area contributed by atoms with Crippen molar-refractivity contribution in [3.05, 3.63) is 36.5 Å². The van der Waals surface area contributed by atoms with E-state index in [1.807, 2.05) is 12.3 Å². The lowest BCUT2D eigenvalue weighted by atomic mass is 10.1. The molecule has 1 aromatic carbocycles. The van der Waals surface area contributed by atoms with E-state index in [2.05, 4.69) is 46.4 Å². The molecule has 19 heavy (non-hydrogen) atoms. The number of nitrogens with one attached hydrogen (secondary N) is 1.